The van der Waals surface area contributed by atoms with Crippen LogP contribution in [0.5, 0.6) is 0 Å². The quantitative estimate of drug-likeness (QED) is 0.303. The molecule has 0 aliphatic carbocycles. The van der Waals surface area contributed by atoms with Crippen LogP contribution in [0.25, 0.3) is 0 Å². The summed E-state index contributed by atoms with van der Waals surface area (Å²) in [6.45, 7) is 0. The zero-order chi connectivity index (χ0) is 7.15. The van der Waals surface area contributed by atoms with Crippen LogP contribution in [0.3, 0.4) is 0 Å². The molecular formula is C2H8LiNO6. The molecular weight excluding hydrogens is 141 g/mol. The van der Waals surface area contributed by atoms with Gasteiger partial charge in [-0.05, 0) is 0 Å². The summed E-state index contributed by atoms with van der Waals surface area (Å²) < 4.78 is 0. The van der Waals surface area contributed by atoms with Gasteiger partial charge in [0.05, 0.1) is 0 Å². The van der Waals surface area contributed by atoms with Crippen molar-refractivity contribution in [2.75, 3.05) is 0 Å². The minimum absolute atomic E-state index is 0. The third kappa shape index (κ3) is 324. The molecule has 0 spiro atoms. The Hall–Kier alpha value is -0.903. The van der Waals surface area contributed by atoms with E-state index in [0.717, 1.165) is 0 Å². The summed E-state index contributed by atoms with van der Waals surface area (Å²) in [4.78, 5) is 17.1. The summed E-state index contributed by atoms with van der Waals surface area (Å²) in [6, 6.07) is 0. The molecule has 0 saturated heterocycles. The van der Waals surface area contributed by atoms with Gasteiger partial charge < -0.3 is 26.6 Å². The average molecular weight is 149 g/mol. The van der Waals surface area contributed by atoms with Crippen molar-refractivity contribution in [3.63, 3.8) is 0 Å². The first kappa shape index (κ1) is 23.0. The molecule has 0 aliphatic rings. The third-order valence-corrected chi connectivity index (χ3v) is 0. The first-order chi connectivity index (χ1) is 3.46. The predicted molar refractivity (Wildman–Crippen MR) is 33.5 cm³/mol. The minimum atomic E-state index is -1.83. The van der Waals surface area contributed by atoms with Crippen molar-refractivity contribution >= 4 is 31.2 Å². The Bertz CT molecular complexity index is 73.7. The maximum atomic E-state index is 8.56. The zero-order valence-electron chi connectivity index (χ0n) is 4.31. The van der Waals surface area contributed by atoms with Crippen molar-refractivity contribution in [3.8, 4) is 0 Å². The molecule has 0 aromatic carbocycles. The van der Waals surface area contributed by atoms with Crippen LogP contribution in [0.15, 0.2) is 0 Å². The van der Waals surface area contributed by atoms with Gasteiger partial charge in [0.2, 0.25) is 0 Å². The Kier molecular flexibility index (Phi) is 36.0. The Balaban J connectivity index is -0.0000000300. The summed E-state index contributed by atoms with van der Waals surface area (Å²) in [7, 11) is 0. The van der Waals surface area contributed by atoms with Gasteiger partial charge >= 0.3 is 31.2 Å². The molecule has 0 unspecified atom stereocenters. The van der Waals surface area contributed by atoms with Crippen LogP contribution in [-0.4, -0.2) is 51.6 Å². The molecule has 0 fully saturated rings. The molecule has 0 aromatic heterocycles. The van der Waals surface area contributed by atoms with Gasteiger partial charge in [-0.2, -0.15) is 0 Å². The molecule has 7 nitrogen and oxygen atoms in total. The average Bonchev–Trinajstić information content (AvgIpc) is 1.25. The second-order valence-corrected chi connectivity index (χ2v) is 0.565. The fourth-order valence-electron chi connectivity index (χ4n) is 0. The molecule has 0 bridgehead atoms. The summed E-state index contributed by atoms with van der Waals surface area (Å²) in [5.74, 6) is 0. The van der Waals surface area contributed by atoms with Crippen molar-refractivity contribution in [2.45, 2.75) is 0 Å². The van der Waals surface area contributed by atoms with Gasteiger partial charge in [0.15, 0.2) is 0 Å². The van der Waals surface area contributed by atoms with Crippen LogP contribution in [0, 0.1) is 0 Å². The van der Waals surface area contributed by atoms with Gasteiger partial charge in [-0.25, -0.2) is 9.59 Å². The standard InChI is InChI=1S/2CH2O3.Li.H3N.H/c2*2-1(3)4;;;/h2*(H2,2,3,4);;1H3;. The molecule has 0 heterocycles. The molecule has 58 valence electrons. The van der Waals surface area contributed by atoms with Gasteiger partial charge in [0.1, 0.15) is 0 Å². The predicted octanol–water partition coefficient (Wildman–Crippen LogP) is -0.0417. The van der Waals surface area contributed by atoms with Crippen molar-refractivity contribution in [1.29, 1.82) is 0 Å². The van der Waals surface area contributed by atoms with E-state index in [9.17, 15) is 0 Å². The molecule has 8 heteroatoms. The monoisotopic (exact) mass is 149 g/mol. The Labute approximate surface area is 68.0 Å². The fourth-order valence-corrected chi connectivity index (χ4v) is 0. The van der Waals surface area contributed by atoms with Crippen molar-refractivity contribution in [2.24, 2.45) is 0 Å². The number of hydrogen-bond acceptors (Lipinski definition) is 3. The number of rotatable bonds is 0. The van der Waals surface area contributed by atoms with Crippen molar-refractivity contribution in [1.82, 2.24) is 6.15 Å². The van der Waals surface area contributed by atoms with E-state index in [1.807, 2.05) is 0 Å². The van der Waals surface area contributed by atoms with Crippen LogP contribution in [-0.2, 0) is 0 Å². The van der Waals surface area contributed by atoms with Crippen molar-refractivity contribution in [3.05, 3.63) is 0 Å². The molecule has 0 aromatic rings. The molecule has 0 aliphatic heterocycles. The van der Waals surface area contributed by atoms with E-state index in [2.05, 4.69) is 0 Å². The van der Waals surface area contributed by atoms with Crippen LogP contribution in [0.1, 0.15) is 0 Å². The second-order valence-electron chi connectivity index (χ2n) is 0.565. The van der Waals surface area contributed by atoms with E-state index < -0.39 is 12.3 Å². The first-order valence-corrected chi connectivity index (χ1v) is 1.30. The van der Waals surface area contributed by atoms with Gasteiger partial charge in [-0.1, -0.05) is 0 Å². The normalized spacial score (nSPS) is 4.80. The van der Waals surface area contributed by atoms with Gasteiger partial charge in [-0.3, -0.25) is 0 Å². The zero-order valence-corrected chi connectivity index (χ0v) is 4.31. The third-order valence-electron chi connectivity index (χ3n) is 0. The maximum absolute atomic E-state index is 8.56. The first-order valence-electron chi connectivity index (χ1n) is 1.30. The molecule has 0 radical (unpaired) electrons. The number of carbonyl (C=O) groups is 2. The van der Waals surface area contributed by atoms with Gasteiger partial charge in [-0.15, -0.1) is 0 Å². The Morgan fingerprint density at radius 1 is 0.800 bits per heavy atom. The van der Waals surface area contributed by atoms with E-state index in [1.165, 1.54) is 0 Å². The van der Waals surface area contributed by atoms with Crippen LogP contribution in [0.2, 0.25) is 0 Å². The molecule has 7 N–H and O–H groups in total. The molecule has 10 heavy (non-hydrogen) atoms. The summed E-state index contributed by atoms with van der Waals surface area (Å²) in [5.41, 5.74) is 0. The van der Waals surface area contributed by atoms with E-state index >= 15 is 0 Å². The molecule has 0 atom stereocenters. The second kappa shape index (κ2) is 15.7. The number of hydrogen-bond donors (Lipinski definition) is 5. The number of carboxylic acid groups (broad SMARTS) is 4. The van der Waals surface area contributed by atoms with E-state index in [1.54, 1.807) is 0 Å². The fraction of sp³-hybridized carbons (Fsp3) is 0. The topological polar surface area (TPSA) is 150 Å². The van der Waals surface area contributed by atoms with Crippen molar-refractivity contribution < 1.29 is 30.0 Å². The molecule has 0 saturated carbocycles. The van der Waals surface area contributed by atoms with Crippen LogP contribution < -0.4 is 6.15 Å². The SMILES string of the molecule is N.O=C(O)O.O=C(O)O.[LiH]. The summed E-state index contributed by atoms with van der Waals surface area (Å²) in [5, 5.41) is 27.9. The summed E-state index contributed by atoms with van der Waals surface area (Å²) in [6.07, 6.45) is -3.67. The molecule has 0 rings (SSSR count). The van der Waals surface area contributed by atoms with Gasteiger partial charge in [0.25, 0.3) is 0 Å². The van der Waals surface area contributed by atoms with E-state index in [-0.39, 0.29) is 25.0 Å². The molecule has 0 amide bonds. The summed E-state index contributed by atoms with van der Waals surface area (Å²) >= 11 is 0. The van der Waals surface area contributed by atoms with Crippen LogP contribution >= 0.6 is 0 Å². The Morgan fingerprint density at radius 2 is 0.800 bits per heavy atom. The van der Waals surface area contributed by atoms with Crippen LogP contribution in [0.4, 0.5) is 9.59 Å². The van der Waals surface area contributed by atoms with E-state index in [0.29, 0.717) is 0 Å². The van der Waals surface area contributed by atoms with Gasteiger partial charge in [0, 0.05) is 0 Å². The Morgan fingerprint density at radius 3 is 0.800 bits per heavy atom. The van der Waals surface area contributed by atoms with E-state index in [4.69, 9.17) is 30.0 Å².